The number of nitrogens with zero attached hydrogens (tertiary/aromatic N) is 1. The van der Waals surface area contributed by atoms with Crippen LogP contribution in [0.15, 0.2) is 18.2 Å². The van der Waals surface area contributed by atoms with Crippen LogP contribution in [0.1, 0.15) is 12.5 Å². The molecule has 116 valence electrons. The van der Waals surface area contributed by atoms with Crippen LogP contribution < -0.4 is 11.1 Å². The highest BCUT2D eigenvalue weighted by Gasteiger charge is 2.30. The van der Waals surface area contributed by atoms with Gasteiger partial charge >= 0.3 is 0 Å². The fourth-order valence-electron chi connectivity index (χ4n) is 2.55. The number of nitrogen functional groups attached to an aromatic ring is 1. The smallest absolute Gasteiger partial charge is 0.241 e. The summed E-state index contributed by atoms with van der Waals surface area (Å²) in [6, 6.07) is 4.93. The summed E-state index contributed by atoms with van der Waals surface area (Å²) in [5.41, 5.74) is 8.07. The first kappa shape index (κ1) is 15.8. The predicted octanol–water partition coefficient (Wildman–Crippen LogP) is 0.597. The Morgan fingerprint density at radius 3 is 3.05 bits per heavy atom. The van der Waals surface area contributed by atoms with Crippen molar-refractivity contribution < 1.29 is 14.6 Å². The third-order valence-electron chi connectivity index (χ3n) is 3.87. The molecule has 1 aliphatic heterocycles. The van der Waals surface area contributed by atoms with Gasteiger partial charge in [-0.25, -0.2) is 0 Å². The molecule has 4 N–H and O–H groups in total. The standard InChI is InChI=1S/C15H23N3O3/c1-10-7-12(16)3-4-14(10)17-15(20)11(2)18-5-6-21-9-13(18)8-19/h3-4,7,11,13,19H,5-6,8-9,16H2,1-2H3,(H,17,20). The van der Waals surface area contributed by atoms with E-state index in [0.717, 1.165) is 11.3 Å². The molecule has 0 spiro atoms. The van der Waals surface area contributed by atoms with Crippen molar-refractivity contribution in [1.82, 2.24) is 4.90 Å². The lowest BCUT2D eigenvalue weighted by Gasteiger charge is -2.37. The van der Waals surface area contributed by atoms with E-state index in [-0.39, 0.29) is 24.6 Å². The van der Waals surface area contributed by atoms with Gasteiger partial charge in [-0.1, -0.05) is 0 Å². The lowest BCUT2D eigenvalue weighted by atomic mass is 10.1. The number of anilines is 2. The number of ether oxygens (including phenoxy) is 1. The summed E-state index contributed by atoms with van der Waals surface area (Å²) in [5.74, 6) is -0.0942. The van der Waals surface area contributed by atoms with Crippen molar-refractivity contribution in [1.29, 1.82) is 0 Å². The van der Waals surface area contributed by atoms with Crippen LogP contribution in [0.5, 0.6) is 0 Å². The Morgan fingerprint density at radius 2 is 2.38 bits per heavy atom. The molecule has 0 radical (unpaired) electrons. The van der Waals surface area contributed by atoms with Gasteiger partial charge in [-0.05, 0) is 37.6 Å². The van der Waals surface area contributed by atoms with E-state index in [9.17, 15) is 9.90 Å². The van der Waals surface area contributed by atoms with Crippen molar-refractivity contribution in [3.05, 3.63) is 23.8 Å². The van der Waals surface area contributed by atoms with Crippen molar-refractivity contribution in [3.8, 4) is 0 Å². The molecule has 1 heterocycles. The highest BCUT2D eigenvalue weighted by atomic mass is 16.5. The van der Waals surface area contributed by atoms with Crippen LogP contribution >= 0.6 is 0 Å². The second kappa shape index (κ2) is 6.89. The maximum atomic E-state index is 12.4. The van der Waals surface area contributed by atoms with E-state index in [0.29, 0.717) is 25.4 Å². The molecule has 1 amide bonds. The second-order valence-corrected chi connectivity index (χ2v) is 5.39. The Balaban J connectivity index is 2.04. The van der Waals surface area contributed by atoms with Gasteiger partial charge in [-0.3, -0.25) is 9.69 Å². The third kappa shape index (κ3) is 3.72. The van der Waals surface area contributed by atoms with E-state index in [4.69, 9.17) is 10.5 Å². The minimum Gasteiger partial charge on any atom is -0.399 e. The molecule has 0 saturated carbocycles. The number of nitrogens with one attached hydrogen (secondary N) is 1. The number of nitrogens with two attached hydrogens (primary N) is 1. The topological polar surface area (TPSA) is 87.8 Å². The molecule has 2 rings (SSSR count). The molecule has 0 aromatic heterocycles. The zero-order valence-electron chi connectivity index (χ0n) is 12.5. The van der Waals surface area contributed by atoms with Crippen LogP contribution in [0.4, 0.5) is 11.4 Å². The molecule has 2 unspecified atom stereocenters. The maximum Gasteiger partial charge on any atom is 0.241 e. The quantitative estimate of drug-likeness (QED) is 0.708. The normalized spacial score (nSPS) is 21.0. The van der Waals surface area contributed by atoms with Crippen LogP contribution in [0.3, 0.4) is 0 Å². The zero-order chi connectivity index (χ0) is 15.4. The molecule has 1 saturated heterocycles. The van der Waals surface area contributed by atoms with Gasteiger partial charge in [0.1, 0.15) is 0 Å². The lowest BCUT2D eigenvalue weighted by molar-refractivity contribution is -0.125. The molecule has 0 bridgehead atoms. The van der Waals surface area contributed by atoms with Crippen molar-refractivity contribution in [3.63, 3.8) is 0 Å². The molecule has 1 aliphatic rings. The molecule has 6 heteroatoms. The SMILES string of the molecule is Cc1cc(N)ccc1NC(=O)C(C)N1CCOCC1CO. The average molecular weight is 293 g/mol. The first-order chi connectivity index (χ1) is 10.0. The third-order valence-corrected chi connectivity index (χ3v) is 3.87. The first-order valence-corrected chi connectivity index (χ1v) is 7.14. The highest BCUT2D eigenvalue weighted by Crippen LogP contribution is 2.19. The number of aliphatic hydroxyl groups is 1. The van der Waals surface area contributed by atoms with E-state index in [1.165, 1.54) is 0 Å². The van der Waals surface area contributed by atoms with Crippen LogP contribution in [0, 0.1) is 6.92 Å². The summed E-state index contributed by atoms with van der Waals surface area (Å²) in [5, 5.41) is 12.3. The van der Waals surface area contributed by atoms with Crippen molar-refractivity contribution in [2.45, 2.75) is 25.9 Å². The molecule has 0 aliphatic carbocycles. The summed E-state index contributed by atoms with van der Waals surface area (Å²) in [6.07, 6.45) is 0. The number of amides is 1. The largest absolute Gasteiger partial charge is 0.399 e. The minimum absolute atomic E-state index is 0.0154. The molecule has 1 aromatic rings. The summed E-state index contributed by atoms with van der Waals surface area (Å²) in [4.78, 5) is 14.4. The van der Waals surface area contributed by atoms with Crippen molar-refractivity contribution in [2.75, 3.05) is 37.4 Å². The maximum absolute atomic E-state index is 12.4. The number of morpholine rings is 1. The number of hydrogen-bond acceptors (Lipinski definition) is 5. The van der Waals surface area contributed by atoms with Crippen LogP contribution in [0.2, 0.25) is 0 Å². The number of carbonyl (C=O) groups is 1. The van der Waals surface area contributed by atoms with Gasteiger partial charge in [0, 0.05) is 17.9 Å². The van der Waals surface area contributed by atoms with E-state index in [1.54, 1.807) is 12.1 Å². The van der Waals surface area contributed by atoms with Crippen LogP contribution in [0.25, 0.3) is 0 Å². The Bertz CT molecular complexity index is 507. The van der Waals surface area contributed by atoms with Gasteiger partial charge in [0.25, 0.3) is 0 Å². The van der Waals surface area contributed by atoms with E-state index >= 15 is 0 Å². The number of rotatable bonds is 4. The number of aryl methyl sites for hydroxylation is 1. The molecule has 6 nitrogen and oxygen atoms in total. The average Bonchev–Trinajstić information content (AvgIpc) is 2.49. The molecular weight excluding hydrogens is 270 g/mol. The molecule has 21 heavy (non-hydrogen) atoms. The zero-order valence-corrected chi connectivity index (χ0v) is 12.5. The van der Waals surface area contributed by atoms with E-state index in [2.05, 4.69) is 5.32 Å². The second-order valence-electron chi connectivity index (χ2n) is 5.39. The van der Waals surface area contributed by atoms with E-state index < -0.39 is 0 Å². The van der Waals surface area contributed by atoms with Gasteiger partial charge in [0.05, 0.1) is 31.9 Å². The fraction of sp³-hybridized carbons (Fsp3) is 0.533. The summed E-state index contributed by atoms with van der Waals surface area (Å²) in [7, 11) is 0. The predicted molar refractivity (Wildman–Crippen MR) is 82.1 cm³/mol. The van der Waals surface area contributed by atoms with Crippen molar-refractivity contribution >= 4 is 17.3 Å². The monoisotopic (exact) mass is 293 g/mol. The molecule has 2 atom stereocenters. The summed E-state index contributed by atoms with van der Waals surface area (Å²) >= 11 is 0. The first-order valence-electron chi connectivity index (χ1n) is 7.14. The Hall–Kier alpha value is -1.63. The number of aliphatic hydroxyl groups excluding tert-OH is 1. The number of hydrogen-bond donors (Lipinski definition) is 3. The highest BCUT2D eigenvalue weighted by molar-refractivity contribution is 5.95. The fourth-order valence-corrected chi connectivity index (χ4v) is 2.55. The number of benzene rings is 1. The van der Waals surface area contributed by atoms with Crippen LogP contribution in [-0.4, -0.2) is 54.4 Å². The van der Waals surface area contributed by atoms with Crippen molar-refractivity contribution in [2.24, 2.45) is 0 Å². The minimum atomic E-state index is -0.331. The Kier molecular flexibility index (Phi) is 5.17. The van der Waals surface area contributed by atoms with Gasteiger partial charge in [0.15, 0.2) is 0 Å². The summed E-state index contributed by atoms with van der Waals surface area (Å²) < 4.78 is 5.34. The Morgan fingerprint density at radius 1 is 1.62 bits per heavy atom. The van der Waals surface area contributed by atoms with Crippen LogP contribution in [-0.2, 0) is 9.53 Å². The Labute approximate surface area is 124 Å². The van der Waals surface area contributed by atoms with Gasteiger partial charge in [-0.15, -0.1) is 0 Å². The molecular formula is C15H23N3O3. The van der Waals surface area contributed by atoms with E-state index in [1.807, 2.05) is 24.8 Å². The number of carbonyl (C=O) groups excluding carboxylic acids is 1. The summed E-state index contributed by atoms with van der Waals surface area (Å²) in [6.45, 7) is 5.40. The van der Waals surface area contributed by atoms with Gasteiger partial charge in [-0.2, -0.15) is 0 Å². The molecule has 1 aromatic carbocycles. The molecule has 1 fully saturated rings. The van der Waals surface area contributed by atoms with Gasteiger partial charge < -0.3 is 20.9 Å². The lowest BCUT2D eigenvalue weighted by Crippen LogP contribution is -2.55. The van der Waals surface area contributed by atoms with Gasteiger partial charge in [0.2, 0.25) is 5.91 Å².